The molecule has 0 aromatic heterocycles. The van der Waals surface area contributed by atoms with E-state index in [-0.39, 0.29) is 25.4 Å². The lowest BCUT2D eigenvalue weighted by atomic mass is 10.1. The SMILES string of the molecule is COC(=O)Cc1ccccc1OC(=O)CCOCc1ccccc1. The van der Waals surface area contributed by atoms with Gasteiger partial charge in [-0.3, -0.25) is 9.59 Å². The summed E-state index contributed by atoms with van der Waals surface area (Å²) in [7, 11) is 1.32. The van der Waals surface area contributed by atoms with Crippen molar-refractivity contribution >= 4 is 11.9 Å². The Morgan fingerprint density at radius 3 is 2.38 bits per heavy atom. The predicted octanol–water partition coefficient (Wildman–Crippen LogP) is 2.91. The van der Waals surface area contributed by atoms with E-state index in [1.165, 1.54) is 7.11 Å². The van der Waals surface area contributed by atoms with Crippen molar-refractivity contribution in [3.05, 3.63) is 65.7 Å². The number of rotatable bonds is 8. The Morgan fingerprint density at radius 1 is 0.917 bits per heavy atom. The van der Waals surface area contributed by atoms with Crippen molar-refractivity contribution in [3.8, 4) is 5.75 Å². The molecule has 0 aliphatic heterocycles. The Bertz CT molecular complexity index is 666. The summed E-state index contributed by atoms with van der Waals surface area (Å²) in [5.74, 6) is -0.416. The highest BCUT2D eigenvalue weighted by atomic mass is 16.5. The van der Waals surface area contributed by atoms with Crippen LogP contribution in [0.4, 0.5) is 0 Å². The number of esters is 2. The van der Waals surface area contributed by atoms with Gasteiger partial charge in [-0.1, -0.05) is 48.5 Å². The van der Waals surface area contributed by atoms with E-state index in [0.717, 1.165) is 5.56 Å². The van der Waals surface area contributed by atoms with E-state index < -0.39 is 5.97 Å². The fourth-order valence-corrected chi connectivity index (χ4v) is 2.07. The third kappa shape index (κ3) is 5.85. The third-order valence-corrected chi connectivity index (χ3v) is 3.32. The lowest BCUT2D eigenvalue weighted by molar-refractivity contribution is -0.140. The third-order valence-electron chi connectivity index (χ3n) is 3.32. The summed E-state index contributed by atoms with van der Waals surface area (Å²) in [6.07, 6.45) is 0.198. The van der Waals surface area contributed by atoms with E-state index >= 15 is 0 Å². The lowest BCUT2D eigenvalue weighted by Gasteiger charge is -2.09. The molecule has 5 heteroatoms. The van der Waals surface area contributed by atoms with Crippen LogP contribution in [0.2, 0.25) is 0 Å². The van der Waals surface area contributed by atoms with Gasteiger partial charge in [0, 0.05) is 5.56 Å². The van der Waals surface area contributed by atoms with Crippen LogP contribution < -0.4 is 4.74 Å². The van der Waals surface area contributed by atoms with Gasteiger partial charge in [0.25, 0.3) is 0 Å². The van der Waals surface area contributed by atoms with Gasteiger partial charge in [-0.15, -0.1) is 0 Å². The maximum Gasteiger partial charge on any atom is 0.313 e. The zero-order chi connectivity index (χ0) is 17.2. The first kappa shape index (κ1) is 17.7. The van der Waals surface area contributed by atoms with Gasteiger partial charge in [-0.05, 0) is 11.6 Å². The van der Waals surface area contributed by atoms with Crippen molar-refractivity contribution in [2.45, 2.75) is 19.4 Å². The second kappa shape index (κ2) is 9.47. The van der Waals surface area contributed by atoms with Crippen LogP contribution in [0.5, 0.6) is 5.75 Å². The molecule has 0 bridgehead atoms. The second-order valence-corrected chi connectivity index (χ2v) is 5.12. The van der Waals surface area contributed by atoms with Crippen molar-refractivity contribution in [1.82, 2.24) is 0 Å². The van der Waals surface area contributed by atoms with Crippen LogP contribution in [0, 0.1) is 0 Å². The highest BCUT2D eigenvalue weighted by Crippen LogP contribution is 2.19. The average molecular weight is 328 g/mol. The quantitative estimate of drug-likeness (QED) is 0.423. The number of hydrogen-bond donors (Lipinski definition) is 0. The monoisotopic (exact) mass is 328 g/mol. The normalized spacial score (nSPS) is 10.2. The molecule has 0 heterocycles. The van der Waals surface area contributed by atoms with Gasteiger partial charge in [-0.2, -0.15) is 0 Å². The summed E-state index contributed by atoms with van der Waals surface area (Å²) in [6, 6.07) is 16.6. The van der Waals surface area contributed by atoms with Gasteiger partial charge in [0.2, 0.25) is 0 Å². The Hall–Kier alpha value is -2.66. The summed E-state index contributed by atoms with van der Waals surface area (Å²) in [5.41, 5.74) is 1.66. The van der Waals surface area contributed by atoms with Crippen LogP contribution in [-0.4, -0.2) is 25.7 Å². The summed E-state index contributed by atoms with van der Waals surface area (Å²) in [4.78, 5) is 23.3. The van der Waals surface area contributed by atoms with Gasteiger partial charge < -0.3 is 14.2 Å². The molecule has 2 aromatic rings. The molecule has 0 aliphatic carbocycles. The fourth-order valence-electron chi connectivity index (χ4n) is 2.07. The van der Waals surface area contributed by atoms with Gasteiger partial charge >= 0.3 is 11.9 Å². The number of para-hydroxylation sites is 1. The van der Waals surface area contributed by atoms with Gasteiger partial charge in [0.15, 0.2) is 0 Å². The van der Waals surface area contributed by atoms with E-state index in [0.29, 0.717) is 17.9 Å². The minimum atomic E-state index is -0.402. The molecule has 0 amide bonds. The summed E-state index contributed by atoms with van der Waals surface area (Å²) >= 11 is 0. The molecule has 0 N–H and O–H groups in total. The summed E-state index contributed by atoms with van der Waals surface area (Å²) < 4.78 is 15.4. The number of carbonyl (C=O) groups excluding carboxylic acids is 2. The van der Waals surface area contributed by atoms with Crippen molar-refractivity contribution in [1.29, 1.82) is 0 Å². The minimum Gasteiger partial charge on any atom is -0.469 e. The smallest absolute Gasteiger partial charge is 0.313 e. The molecule has 2 rings (SSSR count). The highest BCUT2D eigenvalue weighted by molar-refractivity contribution is 5.76. The molecule has 24 heavy (non-hydrogen) atoms. The zero-order valence-corrected chi connectivity index (χ0v) is 13.6. The van der Waals surface area contributed by atoms with Crippen LogP contribution in [0.1, 0.15) is 17.5 Å². The first-order valence-corrected chi connectivity index (χ1v) is 7.66. The second-order valence-electron chi connectivity index (χ2n) is 5.12. The molecule has 0 atom stereocenters. The standard InChI is InChI=1S/C19H20O5/c1-22-19(21)13-16-9-5-6-10-17(16)24-18(20)11-12-23-14-15-7-3-2-4-8-15/h2-10H,11-14H2,1H3. The van der Waals surface area contributed by atoms with E-state index in [2.05, 4.69) is 4.74 Å². The lowest BCUT2D eigenvalue weighted by Crippen LogP contribution is -2.13. The topological polar surface area (TPSA) is 61.8 Å². The van der Waals surface area contributed by atoms with Crippen LogP contribution in [-0.2, 0) is 32.1 Å². The predicted molar refractivity (Wildman–Crippen MR) is 88.5 cm³/mol. The molecular weight excluding hydrogens is 308 g/mol. The molecule has 126 valence electrons. The average Bonchev–Trinajstić information content (AvgIpc) is 2.61. The number of hydrogen-bond acceptors (Lipinski definition) is 5. The number of benzene rings is 2. The van der Waals surface area contributed by atoms with Crippen molar-refractivity contribution in [2.24, 2.45) is 0 Å². The molecule has 0 saturated heterocycles. The highest BCUT2D eigenvalue weighted by Gasteiger charge is 2.12. The molecule has 0 radical (unpaired) electrons. The van der Waals surface area contributed by atoms with Crippen LogP contribution >= 0.6 is 0 Å². The van der Waals surface area contributed by atoms with Crippen LogP contribution in [0.25, 0.3) is 0 Å². The Kier molecular flexibility index (Phi) is 6.98. The molecule has 0 spiro atoms. The molecule has 2 aromatic carbocycles. The summed E-state index contributed by atoms with van der Waals surface area (Å²) in [5, 5.41) is 0. The van der Waals surface area contributed by atoms with E-state index in [1.807, 2.05) is 30.3 Å². The van der Waals surface area contributed by atoms with E-state index in [1.54, 1.807) is 24.3 Å². The minimum absolute atomic E-state index is 0.0600. The Morgan fingerprint density at radius 2 is 1.62 bits per heavy atom. The Labute approximate surface area is 141 Å². The molecule has 0 aliphatic rings. The molecular formula is C19H20O5. The van der Waals surface area contributed by atoms with Gasteiger partial charge in [0.05, 0.1) is 33.2 Å². The van der Waals surface area contributed by atoms with Crippen molar-refractivity contribution in [3.63, 3.8) is 0 Å². The van der Waals surface area contributed by atoms with Gasteiger partial charge in [0.1, 0.15) is 5.75 Å². The maximum absolute atomic E-state index is 11.9. The van der Waals surface area contributed by atoms with Gasteiger partial charge in [-0.25, -0.2) is 0 Å². The largest absolute Gasteiger partial charge is 0.469 e. The number of methoxy groups -OCH3 is 1. The molecule has 0 fully saturated rings. The van der Waals surface area contributed by atoms with E-state index in [4.69, 9.17) is 9.47 Å². The first-order chi connectivity index (χ1) is 11.7. The number of carbonyl (C=O) groups is 2. The zero-order valence-electron chi connectivity index (χ0n) is 13.6. The van der Waals surface area contributed by atoms with Crippen molar-refractivity contribution in [2.75, 3.05) is 13.7 Å². The maximum atomic E-state index is 11.9. The van der Waals surface area contributed by atoms with Crippen LogP contribution in [0.15, 0.2) is 54.6 Å². The molecule has 0 unspecified atom stereocenters. The number of ether oxygens (including phenoxy) is 3. The molecule has 5 nitrogen and oxygen atoms in total. The summed E-state index contributed by atoms with van der Waals surface area (Å²) in [6.45, 7) is 0.722. The van der Waals surface area contributed by atoms with Crippen molar-refractivity contribution < 1.29 is 23.8 Å². The van der Waals surface area contributed by atoms with Crippen LogP contribution in [0.3, 0.4) is 0 Å². The Balaban J connectivity index is 1.79. The fraction of sp³-hybridized carbons (Fsp3) is 0.263. The van der Waals surface area contributed by atoms with E-state index in [9.17, 15) is 9.59 Å². The molecule has 0 saturated carbocycles. The first-order valence-electron chi connectivity index (χ1n) is 7.66.